The van der Waals surface area contributed by atoms with Gasteiger partial charge < -0.3 is 10.5 Å². The maximum atomic E-state index is 6.03. The fourth-order valence-corrected chi connectivity index (χ4v) is 2.55. The van der Waals surface area contributed by atoms with Crippen LogP contribution in [0.4, 0.5) is 5.69 Å². The van der Waals surface area contributed by atoms with Crippen LogP contribution in [-0.4, -0.2) is 12.4 Å². The predicted molar refractivity (Wildman–Crippen MR) is 83.5 cm³/mol. The van der Waals surface area contributed by atoms with Gasteiger partial charge in [0, 0.05) is 16.3 Å². The molecule has 0 saturated carbocycles. The fourth-order valence-electron chi connectivity index (χ4n) is 1.47. The minimum absolute atomic E-state index is 0.460. The third-order valence-electron chi connectivity index (χ3n) is 2.41. The molecule has 0 atom stereocenters. The molecule has 0 spiro atoms. The molecular formula is C14H13Cl2NOS. The first-order valence-electron chi connectivity index (χ1n) is 5.72. The average Bonchev–Trinajstić information content (AvgIpc) is 2.41. The summed E-state index contributed by atoms with van der Waals surface area (Å²) >= 11 is 13.6. The van der Waals surface area contributed by atoms with E-state index in [1.807, 2.05) is 36.4 Å². The van der Waals surface area contributed by atoms with Gasteiger partial charge in [-0.25, -0.2) is 0 Å². The molecule has 2 aromatic carbocycles. The Bertz CT molecular complexity index is 546. The molecule has 0 heterocycles. The van der Waals surface area contributed by atoms with Crippen molar-refractivity contribution in [3.8, 4) is 5.75 Å². The zero-order valence-corrected chi connectivity index (χ0v) is 12.4. The van der Waals surface area contributed by atoms with Gasteiger partial charge in [0.15, 0.2) is 0 Å². The number of nitrogen functional groups attached to an aromatic ring is 1. The molecule has 0 bridgehead atoms. The first-order valence-corrected chi connectivity index (χ1v) is 7.46. The highest BCUT2D eigenvalue weighted by Gasteiger charge is 2.04. The lowest BCUT2D eigenvalue weighted by atomic mass is 10.3. The summed E-state index contributed by atoms with van der Waals surface area (Å²) in [7, 11) is 0. The first kappa shape index (κ1) is 14.4. The molecule has 0 saturated heterocycles. The summed E-state index contributed by atoms with van der Waals surface area (Å²) in [4.78, 5) is 1.16. The molecule has 5 heteroatoms. The summed E-state index contributed by atoms with van der Waals surface area (Å²) in [6.45, 7) is 0.565. The molecule has 0 amide bonds. The molecule has 0 fully saturated rings. The Hall–Kier alpha value is -1.03. The molecular weight excluding hydrogens is 301 g/mol. The van der Waals surface area contributed by atoms with Crippen LogP contribution in [0.25, 0.3) is 0 Å². The Balaban J connectivity index is 1.81. The van der Waals surface area contributed by atoms with Gasteiger partial charge >= 0.3 is 0 Å². The van der Waals surface area contributed by atoms with Crippen molar-refractivity contribution in [3.05, 3.63) is 52.5 Å². The first-order chi connectivity index (χ1) is 9.16. The van der Waals surface area contributed by atoms with Gasteiger partial charge in [0.1, 0.15) is 10.8 Å². The van der Waals surface area contributed by atoms with Gasteiger partial charge in [-0.1, -0.05) is 29.3 Å². The highest BCUT2D eigenvalue weighted by atomic mass is 35.5. The molecule has 2 aromatic rings. The van der Waals surface area contributed by atoms with Gasteiger partial charge in [0.2, 0.25) is 0 Å². The van der Waals surface area contributed by atoms with Gasteiger partial charge in [-0.05, 0) is 36.4 Å². The molecule has 19 heavy (non-hydrogen) atoms. The van der Waals surface area contributed by atoms with Gasteiger partial charge in [0.25, 0.3) is 0 Å². The van der Waals surface area contributed by atoms with Crippen LogP contribution in [-0.2, 0) is 0 Å². The summed E-state index contributed by atoms with van der Waals surface area (Å²) in [5.74, 6) is 1.44. The van der Waals surface area contributed by atoms with E-state index < -0.39 is 0 Å². The number of hydrogen-bond acceptors (Lipinski definition) is 3. The molecule has 0 unspecified atom stereocenters. The quantitative estimate of drug-likeness (QED) is 0.491. The third kappa shape index (κ3) is 4.23. The summed E-state index contributed by atoms with van der Waals surface area (Å²) in [6.07, 6.45) is 0. The van der Waals surface area contributed by atoms with Crippen molar-refractivity contribution in [3.63, 3.8) is 0 Å². The highest BCUT2D eigenvalue weighted by Crippen LogP contribution is 2.31. The van der Waals surface area contributed by atoms with Gasteiger partial charge in [-0.3, -0.25) is 0 Å². The molecule has 0 aromatic heterocycles. The van der Waals surface area contributed by atoms with Crippen molar-refractivity contribution in [2.24, 2.45) is 0 Å². The van der Waals surface area contributed by atoms with Crippen LogP contribution in [0.2, 0.25) is 10.0 Å². The van der Waals surface area contributed by atoms with Crippen LogP contribution >= 0.6 is 35.0 Å². The van der Waals surface area contributed by atoms with Crippen LogP contribution < -0.4 is 10.5 Å². The predicted octanol–water partition coefficient (Wildman–Crippen LogP) is 4.75. The zero-order valence-electron chi connectivity index (χ0n) is 10.1. The van der Waals surface area contributed by atoms with Crippen molar-refractivity contribution in [2.45, 2.75) is 4.90 Å². The SMILES string of the molecule is Nc1ccc(SCCOc2cccc(Cl)c2Cl)cc1. The molecule has 2 nitrogen and oxygen atoms in total. The van der Waals surface area contributed by atoms with Gasteiger partial charge in [-0.2, -0.15) is 0 Å². The molecule has 0 radical (unpaired) electrons. The fraction of sp³-hybridized carbons (Fsp3) is 0.143. The molecule has 2 rings (SSSR count). The third-order valence-corrected chi connectivity index (χ3v) is 4.18. The second-order valence-electron chi connectivity index (χ2n) is 3.82. The number of anilines is 1. The molecule has 0 aliphatic rings. The van der Waals surface area contributed by atoms with E-state index in [9.17, 15) is 0 Å². The smallest absolute Gasteiger partial charge is 0.139 e. The lowest BCUT2D eigenvalue weighted by Crippen LogP contribution is -2.00. The number of ether oxygens (including phenoxy) is 1. The van der Waals surface area contributed by atoms with Crippen LogP contribution in [0.3, 0.4) is 0 Å². The largest absolute Gasteiger partial charge is 0.491 e. The van der Waals surface area contributed by atoms with E-state index in [2.05, 4.69) is 0 Å². The van der Waals surface area contributed by atoms with E-state index in [4.69, 9.17) is 33.7 Å². The Morgan fingerprint density at radius 1 is 1.05 bits per heavy atom. The summed E-state index contributed by atoms with van der Waals surface area (Å²) < 4.78 is 5.60. The van der Waals surface area contributed by atoms with Crippen LogP contribution in [0, 0.1) is 0 Å². The summed E-state index contributed by atoms with van der Waals surface area (Å²) in [6, 6.07) is 13.1. The van der Waals surface area contributed by atoms with E-state index in [0.717, 1.165) is 16.3 Å². The summed E-state index contributed by atoms with van der Waals surface area (Å²) in [5.41, 5.74) is 6.40. The second-order valence-corrected chi connectivity index (χ2v) is 5.77. The number of benzene rings is 2. The Kier molecular flexibility index (Phi) is 5.25. The molecule has 2 N–H and O–H groups in total. The minimum atomic E-state index is 0.460. The van der Waals surface area contributed by atoms with Crippen LogP contribution in [0.1, 0.15) is 0 Å². The maximum Gasteiger partial charge on any atom is 0.139 e. The van der Waals surface area contributed by atoms with Crippen LogP contribution in [0.15, 0.2) is 47.4 Å². The Morgan fingerprint density at radius 2 is 1.79 bits per heavy atom. The van der Waals surface area contributed by atoms with E-state index in [1.54, 1.807) is 17.8 Å². The van der Waals surface area contributed by atoms with Crippen molar-refractivity contribution in [1.29, 1.82) is 0 Å². The minimum Gasteiger partial charge on any atom is -0.491 e. The molecule has 0 aliphatic carbocycles. The number of hydrogen-bond donors (Lipinski definition) is 1. The number of rotatable bonds is 5. The number of halogens is 2. The van der Waals surface area contributed by atoms with Crippen LogP contribution in [0.5, 0.6) is 5.75 Å². The highest BCUT2D eigenvalue weighted by molar-refractivity contribution is 7.99. The van der Waals surface area contributed by atoms with E-state index in [-0.39, 0.29) is 0 Å². The van der Waals surface area contributed by atoms with Gasteiger partial charge in [0.05, 0.1) is 11.6 Å². The lowest BCUT2D eigenvalue weighted by Gasteiger charge is -2.08. The standard InChI is InChI=1S/C14H13Cl2NOS/c15-12-2-1-3-13(14(12)16)18-8-9-19-11-6-4-10(17)5-7-11/h1-7H,8-9,17H2. The molecule has 100 valence electrons. The number of nitrogens with two attached hydrogens (primary N) is 1. The van der Waals surface area contributed by atoms with Crippen molar-refractivity contribution >= 4 is 40.7 Å². The topological polar surface area (TPSA) is 35.2 Å². The lowest BCUT2D eigenvalue weighted by molar-refractivity contribution is 0.344. The number of thioether (sulfide) groups is 1. The van der Waals surface area contributed by atoms with E-state index in [1.165, 1.54) is 0 Å². The maximum absolute atomic E-state index is 6.03. The van der Waals surface area contributed by atoms with Crippen molar-refractivity contribution in [1.82, 2.24) is 0 Å². The Morgan fingerprint density at radius 3 is 2.53 bits per heavy atom. The second kappa shape index (κ2) is 6.94. The van der Waals surface area contributed by atoms with Gasteiger partial charge in [-0.15, -0.1) is 11.8 Å². The van der Waals surface area contributed by atoms with Crippen molar-refractivity contribution < 1.29 is 4.74 Å². The van der Waals surface area contributed by atoms with E-state index in [0.29, 0.717) is 22.4 Å². The van der Waals surface area contributed by atoms with E-state index >= 15 is 0 Å². The molecule has 0 aliphatic heterocycles. The summed E-state index contributed by atoms with van der Waals surface area (Å²) in [5, 5.41) is 0.965. The monoisotopic (exact) mass is 313 g/mol. The normalized spacial score (nSPS) is 10.4. The average molecular weight is 314 g/mol. The Labute approximate surface area is 126 Å². The van der Waals surface area contributed by atoms with Crippen molar-refractivity contribution in [2.75, 3.05) is 18.1 Å². The zero-order chi connectivity index (χ0) is 13.7.